The van der Waals surface area contributed by atoms with Gasteiger partial charge in [-0.2, -0.15) is 0 Å². The van der Waals surface area contributed by atoms with E-state index in [2.05, 4.69) is 20.6 Å². The number of nitrogens with zero attached hydrogens (tertiary/aromatic N) is 1. The number of aromatic nitrogens is 2. The van der Waals surface area contributed by atoms with Crippen LogP contribution < -0.4 is 10.6 Å². The van der Waals surface area contributed by atoms with Crippen molar-refractivity contribution in [1.82, 2.24) is 25.5 Å². The third-order valence-corrected chi connectivity index (χ3v) is 8.05. The molecule has 6 rings (SSSR count). The molecule has 0 spiro atoms. The van der Waals surface area contributed by atoms with Gasteiger partial charge in [0.15, 0.2) is 0 Å². The zero-order chi connectivity index (χ0) is 26.6. The summed E-state index contributed by atoms with van der Waals surface area (Å²) in [6.45, 7) is 6.87. The van der Waals surface area contributed by atoms with E-state index in [1.807, 2.05) is 74.2 Å². The maximum Gasteiger partial charge on any atom is 0.268 e. The highest BCUT2D eigenvalue weighted by molar-refractivity contribution is 6.07. The van der Waals surface area contributed by atoms with E-state index in [0.29, 0.717) is 36.2 Å². The molecule has 8 heteroatoms. The fourth-order valence-electron chi connectivity index (χ4n) is 5.86. The lowest BCUT2D eigenvalue weighted by molar-refractivity contribution is -0.125. The average Bonchev–Trinajstić information content (AvgIpc) is 3.23. The Morgan fingerprint density at radius 3 is 2.55 bits per heavy atom. The molecule has 2 aromatic heterocycles. The van der Waals surface area contributed by atoms with Crippen LogP contribution in [0.3, 0.4) is 0 Å². The van der Waals surface area contributed by atoms with Crippen molar-refractivity contribution in [2.24, 2.45) is 17.3 Å². The van der Waals surface area contributed by atoms with E-state index in [-0.39, 0.29) is 23.8 Å². The fraction of sp³-hybridized carbons (Fsp3) is 0.367. The number of H-pyrrole nitrogens is 2. The van der Waals surface area contributed by atoms with E-state index in [9.17, 15) is 14.4 Å². The number of carbonyl (C=O) groups is 3. The number of hydrogen-bond donors (Lipinski definition) is 4. The number of rotatable bonds is 6. The number of para-hydroxylation sites is 2. The number of benzene rings is 2. The van der Waals surface area contributed by atoms with Crippen molar-refractivity contribution in [3.8, 4) is 0 Å². The molecule has 2 aliphatic rings. The fourth-order valence-corrected chi connectivity index (χ4v) is 5.86. The number of hydrogen-bond acceptors (Lipinski definition) is 3. The molecule has 3 amide bonds. The average molecular weight is 512 g/mol. The van der Waals surface area contributed by atoms with Gasteiger partial charge in [0, 0.05) is 41.1 Å². The summed E-state index contributed by atoms with van der Waals surface area (Å²) in [5.74, 6) is 0.319. The van der Waals surface area contributed by atoms with Gasteiger partial charge in [0.05, 0.1) is 11.6 Å². The van der Waals surface area contributed by atoms with Gasteiger partial charge in [-0.25, -0.2) is 0 Å². The lowest BCUT2D eigenvalue weighted by Crippen LogP contribution is -2.55. The van der Waals surface area contributed by atoms with Crippen molar-refractivity contribution in [3.05, 3.63) is 72.1 Å². The molecule has 8 nitrogen and oxygen atoms in total. The van der Waals surface area contributed by atoms with Crippen molar-refractivity contribution < 1.29 is 14.4 Å². The van der Waals surface area contributed by atoms with Crippen LogP contribution in [-0.4, -0.2) is 57.8 Å². The molecule has 3 heterocycles. The van der Waals surface area contributed by atoms with Crippen LogP contribution in [0.4, 0.5) is 0 Å². The predicted octanol–water partition coefficient (Wildman–Crippen LogP) is 4.07. The summed E-state index contributed by atoms with van der Waals surface area (Å²) in [5.41, 5.74) is 2.37. The third kappa shape index (κ3) is 4.34. The van der Waals surface area contributed by atoms with Gasteiger partial charge in [0.2, 0.25) is 5.91 Å². The second kappa shape index (κ2) is 9.04. The Hall–Kier alpha value is -4.07. The monoisotopic (exact) mass is 511 g/mol. The normalized spacial score (nSPS) is 21.3. The Labute approximate surface area is 221 Å². The highest BCUT2D eigenvalue weighted by Crippen LogP contribution is 2.49. The Morgan fingerprint density at radius 2 is 1.79 bits per heavy atom. The minimum Gasteiger partial charge on any atom is -0.360 e. The molecule has 4 aromatic rings. The van der Waals surface area contributed by atoms with Crippen molar-refractivity contribution in [2.75, 3.05) is 13.1 Å². The lowest BCUT2D eigenvalue weighted by atomic mass is 9.86. The summed E-state index contributed by atoms with van der Waals surface area (Å²) in [7, 11) is 0. The van der Waals surface area contributed by atoms with Gasteiger partial charge in [0.25, 0.3) is 11.8 Å². The second-order valence-corrected chi connectivity index (χ2v) is 11.7. The number of likely N-dealkylation sites (tertiary alicyclic amines) is 1. The molecule has 1 saturated carbocycles. The van der Waals surface area contributed by atoms with Gasteiger partial charge < -0.3 is 25.5 Å². The first-order chi connectivity index (χ1) is 18.2. The minimum atomic E-state index is -0.740. The Balaban J connectivity index is 1.15. The van der Waals surface area contributed by atoms with Crippen LogP contribution in [0.1, 0.15) is 48.0 Å². The van der Waals surface area contributed by atoms with Gasteiger partial charge in [0.1, 0.15) is 11.7 Å². The molecule has 0 bridgehead atoms. The quantitative estimate of drug-likeness (QED) is 0.313. The van der Waals surface area contributed by atoms with E-state index >= 15 is 0 Å². The maximum absolute atomic E-state index is 13.5. The van der Waals surface area contributed by atoms with Gasteiger partial charge >= 0.3 is 0 Å². The van der Waals surface area contributed by atoms with Crippen LogP contribution in [0.15, 0.2) is 60.8 Å². The van der Waals surface area contributed by atoms with Crippen molar-refractivity contribution in [2.45, 2.75) is 39.3 Å². The molecule has 2 aromatic carbocycles. The van der Waals surface area contributed by atoms with E-state index in [1.165, 1.54) is 0 Å². The molecule has 4 N–H and O–H groups in total. The van der Waals surface area contributed by atoms with Crippen LogP contribution in [0.5, 0.6) is 0 Å². The lowest BCUT2D eigenvalue weighted by Gasteiger charge is -2.32. The predicted molar refractivity (Wildman–Crippen MR) is 147 cm³/mol. The highest BCUT2D eigenvalue weighted by atomic mass is 16.2. The zero-order valence-electron chi connectivity index (χ0n) is 21.9. The van der Waals surface area contributed by atoms with E-state index < -0.39 is 11.5 Å². The van der Waals surface area contributed by atoms with E-state index in [1.54, 1.807) is 12.3 Å². The first kappa shape index (κ1) is 24.3. The summed E-state index contributed by atoms with van der Waals surface area (Å²) in [5, 5.41) is 7.86. The molecule has 1 aliphatic heterocycles. The summed E-state index contributed by atoms with van der Waals surface area (Å²) < 4.78 is 0. The molecule has 2 fully saturated rings. The molecule has 1 unspecified atom stereocenters. The van der Waals surface area contributed by atoms with Crippen LogP contribution in [-0.2, 0) is 4.79 Å². The van der Waals surface area contributed by atoms with Crippen molar-refractivity contribution >= 4 is 39.5 Å². The highest BCUT2D eigenvalue weighted by Gasteiger charge is 2.54. The molecule has 0 radical (unpaired) electrons. The molecule has 1 aliphatic carbocycles. The third-order valence-electron chi connectivity index (χ3n) is 8.05. The zero-order valence-corrected chi connectivity index (χ0v) is 21.9. The smallest absolute Gasteiger partial charge is 0.268 e. The molecule has 1 saturated heterocycles. The Bertz CT molecular complexity index is 1510. The second-order valence-electron chi connectivity index (χ2n) is 11.7. The van der Waals surface area contributed by atoms with Gasteiger partial charge in [-0.15, -0.1) is 0 Å². The first-order valence-electron chi connectivity index (χ1n) is 13.2. The topological polar surface area (TPSA) is 110 Å². The Morgan fingerprint density at radius 1 is 1.05 bits per heavy atom. The van der Waals surface area contributed by atoms with Gasteiger partial charge in [-0.1, -0.05) is 57.2 Å². The molecule has 38 heavy (non-hydrogen) atoms. The largest absolute Gasteiger partial charge is 0.360 e. The molecular formula is C30H33N5O3. The van der Waals surface area contributed by atoms with Crippen LogP contribution >= 0.6 is 0 Å². The van der Waals surface area contributed by atoms with Crippen LogP contribution in [0.2, 0.25) is 0 Å². The van der Waals surface area contributed by atoms with E-state index in [4.69, 9.17) is 0 Å². The SMILES string of the molecule is CC(C)(C)[C@H](NC(=O)c1cc2ccccc2[nH]1)C(=O)NC[C@@H]1C2C[C@H]2CN1C(=O)c1c[nH]c2ccccc12. The number of amides is 3. The summed E-state index contributed by atoms with van der Waals surface area (Å²) >= 11 is 0. The molecule has 196 valence electrons. The van der Waals surface area contributed by atoms with Crippen molar-refractivity contribution in [1.29, 1.82) is 0 Å². The van der Waals surface area contributed by atoms with Crippen LogP contribution in [0.25, 0.3) is 21.8 Å². The standard InChI is InChI=1S/C30H33N5O3/c1-30(2,3)26(34-27(36)24-13-17-8-4-6-10-22(17)33-24)28(37)32-15-25-20-12-18(20)16-35(25)29(38)21-14-31-23-11-7-5-9-19(21)23/h4-11,13-14,18,20,25-26,31,33H,12,15-16H2,1-3H3,(H,32,37)(H,34,36)/t18-,20?,25+,26+/m0/s1. The number of piperidine rings is 1. The Kier molecular flexibility index (Phi) is 5.78. The summed E-state index contributed by atoms with van der Waals surface area (Å²) in [4.78, 5) is 48.3. The van der Waals surface area contributed by atoms with Gasteiger partial charge in [-0.05, 0) is 41.9 Å². The number of carbonyl (C=O) groups excluding carboxylic acids is 3. The van der Waals surface area contributed by atoms with Crippen molar-refractivity contribution in [3.63, 3.8) is 0 Å². The minimum absolute atomic E-state index is 0.00613. The first-order valence-corrected chi connectivity index (χ1v) is 13.2. The maximum atomic E-state index is 13.5. The number of nitrogens with one attached hydrogen (secondary N) is 4. The summed E-state index contributed by atoms with van der Waals surface area (Å²) in [6.07, 6.45) is 2.86. The number of aromatic amines is 2. The van der Waals surface area contributed by atoms with Crippen LogP contribution in [0, 0.1) is 17.3 Å². The van der Waals surface area contributed by atoms with Gasteiger partial charge in [-0.3, -0.25) is 14.4 Å². The summed E-state index contributed by atoms with van der Waals surface area (Å²) in [6, 6.07) is 16.5. The molecule has 4 atom stereocenters. The number of fused-ring (bicyclic) bond motifs is 3. The van der Waals surface area contributed by atoms with E-state index in [0.717, 1.165) is 28.2 Å². The molecular weight excluding hydrogens is 478 g/mol.